The van der Waals surface area contributed by atoms with Gasteiger partial charge in [-0.25, -0.2) is 0 Å². The summed E-state index contributed by atoms with van der Waals surface area (Å²) in [5.74, 6) is 1.09. The van der Waals surface area contributed by atoms with Crippen LogP contribution in [0.15, 0.2) is 23.3 Å². The molecule has 3 heteroatoms. The van der Waals surface area contributed by atoms with Crippen LogP contribution in [0.3, 0.4) is 0 Å². The van der Waals surface area contributed by atoms with E-state index < -0.39 is 0 Å². The third kappa shape index (κ3) is 1.90. The quantitative estimate of drug-likeness (QED) is 0.620. The summed E-state index contributed by atoms with van der Waals surface area (Å²) in [7, 11) is 0. The molecule has 1 aliphatic heterocycles. The first-order valence-electron chi connectivity index (χ1n) is 9.36. The maximum atomic E-state index is 12.1. The number of esters is 1. The lowest BCUT2D eigenvalue weighted by atomic mass is 9.42. The van der Waals surface area contributed by atoms with Gasteiger partial charge in [0.15, 0.2) is 5.78 Å². The lowest BCUT2D eigenvalue weighted by molar-refractivity contribution is -0.209. The van der Waals surface area contributed by atoms with E-state index in [0.717, 1.165) is 37.7 Å². The Labute approximate surface area is 144 Å². The molecule has 0 N–H and O–H groups in total. The van der Waals surface area contributed by atoms with Gasteiger partial charge < -0.3 is 4.74 Å². The highest BCUT2D eigenvalue weighted by Crippen LogP contribution is 2.67. The first-order valence-corrected chi connectivity index (χ1v) is 9.36. The molecule has 0 spiro atoms. The fourth-order valence-corrected chi connectivity index (χ4v) is 6.74. The van der Waals surface area contributed by atoms with Gasteiger partial charge in [0.05, 0.1) is 0 Å². The summed E-state index contributed by atoms with van der Waals surface area (Å²) in [5, 5.41) is 0. The molecule has 0 unspecified atom stereocenters. The molecule has 1 heterocycles. The maximum absolute atomic E-state index is 12.1. The minimum atomic E-state index is -0.304. The number of carbonyl (C=O) groups excluding carboxylic acids is 2. The number of hydrogen-bond donors (Lipinski definition) is 0. The SMILES string of the molecule is CC1=C2CC[C@]3(C)[C@H](CC[C@]4(C)OC(=O)CC[C@@H]34)[C@@]2(C)C=CC1=O. The topological polar surface area (TPSA) is 43.4 Å². The Morgan fingerprint density at radius 1 is 1.04 bits per heavy atom. The van der Waals surface area contributed by atoms with Crippen LogP contribution in [0, 0.1) is 22.7 Å². The van der Waals surface area contributed by atoms with Crippen molar-refractivity contribution in [1.82, 2.24) is 0 Å². The molecule has 2 saturated carbocycles. The molecule has 5 atom stereocenters. The van der Waals surface area contributed by atoms with Crippen molar-refractivity contribution < 1.29 is 14.3 Å². The first kappa shape index (κ1) is 16.1. The predicted molar refractivity (Wildman–Crippen MR) is 92.2 cm³/mol. The molecule has 0 bridgehead atoms. The number of rotatable bonds is 0. The van der Waals surface area contributed by atoms with E-state index in [-0.39, 0.29) is 28.2 Å². The number of ether oxygens (including phenoxy) is 1. The Kier molecular flexibility index (Phi) is 3.24. The van der Waals surface area contributed by atoms with Gasteiger partial charge in [-0.2, -0.15) is 0 Å². The maximum Gasteiger partial charge on any atom is 0.306 e. The summed E-state index contributed by atoms with van der Waals surface area (Å²) < 4.78 is 5.88. The second-order valence-corrected chi connectivity index (χ2v) is 9.06. The minimum absolute atomic E-state index is 0.0201. The van der Waals surface area contributed by atoms with Gasteiger partial charge in [0.1, 0.15) is 5.60 Å². The highest BCUT2D eigenvalue weighted by atomic mass is 16.6. The summed E-state index contributed by atoms with van der Waals surface area (Å²) in [6.45, 7) is 8.89. The van der Waals surface area contributed by atoms with Crippen molar-refractivity contribution in [2.75, 3.05) is 0 Å². The molecule has 1 saturated heterocycles. The molecule has 130 valence electrons. The summed E-state index contributed by atoms with van der Waals surface area (Å²) in [4.78, 5) is 24.0. The van der Waals surface area contributed by atoms with E-state index in [0.29, 0.717) is 18.3 Å². The van der Waals surface area contributed by atoms with Gasteiger partial charge in [0, 0.05) is 17.8 Å². The Morgan fingerprint density at radius 2 is 1.79 bits per heavy atom. The second-order valence-electron chi connectivity index (χ2n) is 9.06. The molecule has 0 amide bonds. The Balaban J connectivity index is 1.78. The van der Waals surface area contributed by atoms with E-state index in [1.807, 2.05) is 6.92 Å². The number of carbonyl (C=O) groups is 2. The smallest absolute Gasteiger partial charge is 0.306 e. The molecule has 0 aromatic rings. The van der Waals surface area contributed by atoms with Crippen molar-refractivity contribution >= 4 is 11.8 Å². The van der Waals surface area contributed by atoms with Gasteiger partial charge in [-0.05, 0) is 68.9 Å². The van der Waals surface area contributed by atoms with Crippen molar-refractivity contribution in [3.05, 3.63) is 23.3 Å². The molecule has 4 aliphatic rings. The zero-order valence-electron chi connectivity index (χ0n) is 15.3. The normalized spacial score (nSPS) is 47.7. The van der Waals surface area contributed by atoms with Crippen LogP contribution in [0.25, 0.3) is 0 Å². The van der Waals surface area contributed by atoms with Crippen LogP contribution in [-0.4, -0.2) is 17.4 Å². The Hall–Kier alpha value is -1.38. The van der Waals surface area contributed by atoms with Crippen molar-refractivity contribution in [3.63, 3.8) is 0 Å². The lowest BCUT2D eigenvalue weighted by Gasteiger charge is -2.64. The van der Waals surface area contributed by atoms with Crippen molar-refractivity contribution in [3.8, 4) is 0 Å². The van der Waals surface area contributed by atoms with Crippen LogP contribution in [0.1, 0.15) is 66.2 Å². The van der Waals surface area contributed by atoms with Crippen molar-refractivity contribution in [1.29, 1.82) is 0 Å². The van der Waals surface area contributed by atoms with Crippen LogP contribution in [0.5, 0.6) is 0 Å². The van der Waals surface area contributed by atoms with Gasteiger partial charge in [0.2, 0.25) is 0 Å². The van der Waals surface area contributed by atoms with Crippen LogP contribution in [0.2, 0.25) is 0 Å². The lowest BCUT2D eigenvalue weighted by Crippen LogP contribution is -2.61. The summed E-state index contributed by atoms with van der Waals surface area (Å²) in [5.41, 5.74) is 2.16. The van der Waals surface area contributed by atoms with Crippen LogP contribution in [-0.2, 0) is 14.3 Å². The minimum Gasteiger partial charge on any atom is -0.459 e. The monoisotopic (exact) mass is 328 g/mol. The standard InChI is InChI=1S/C21H28O3/c1-13-14-7-10-20(3)16(19(14,2)11-8-15(13)22)9-12-21(4)17(20)5-6-18(23)24-21/h8,11,16-17H,5-7,9-10,12H2,1-4H3/t16-,17+,19+,20-,21+/m1/s1. The molecule has 4 rings (SSSR count). The van der Waals surface area contributed by atoms with Gasteiger partial charge in [0.25, 0.3) is 0 Å². The van der Waals surface area contributed by atoms with Gasteiger partial charge in [-0.3, -0.25) is 9.59 Å². The average Bonchev–Trinajstić information content (AvgIpc) is 2.50. The highest BCUT2D eigenvalue weighted by molar-refractivity contribution is 6.05. The van der Waals surface area contributed by atoms with E-state index in [4.69, 9.17) is 4.74 Å². The van der Waals surface area contributed by atoms with Gasteiger partial charge in [-0.1, -0.05) is 25.5 Å². The zero-order valence-corrected chi connectivity index (χ0v) is 15.3. The van der Waals surface area contributed by atoms with Gasteiger partial charge >= 0.3 is 5.97 Å². The molecule has 0 radical (unpaired) electrons. The average molecular weight is 328 g/mol. The first-order chi connectivity index (χ1) is 11.2. The molecule has 3 nitrogen and oxygen atoms in total. The number of hydrogen-bond acceptors (Lipinski definition) is 3. The van der Waals surface area contributed by atoms with Crippen molar-refractivity contribution in [2.24, 2.45) is 22.7 Å². The molecule has 3 fully saturated rings. The molecule has 0 aromatic heterocycles. The molecule has 3 aliphatic carbocycles. The number of ketones is 1. The zero-order chi connectivity index (χ0) is 17.3. The summed E-state index contributed by atoms with van der Waals surface area (Å²) >= 11 is 0. The summed E-state index contributed by atoms with van der Waals surface area (Å²) in [6, 6.07) is 0. The molecule has 24 heavy (non-hydrogen) atoms. The second kappa shape index (κ2) is 4.83. The highest BCUT2D eigenvalue weighted by Gasteiger charge is 2.62. The Bertz CT molecular complexity index is 687. The third-order valence-electron chi connectivity index (χ3n) is 7.93. The predicted octanol–water partition coefficient (Wildman–Crippen LogP) is 4.37. The van der Waals surface area contributed by atoms with E-state index in [9.17, 15) is 9.59 Å². The molecule has 0 aromatic carbocycles. The fraction of sp³-hybridized carbons (Fsp3) is 0.714. The number of allylic oxidation sites excluding steroid dienone is 4. The Morgan fingerprint density at radius 3 is 2.54 bits per heavy atom. The number of fused-ring (bicyclic) bond motifs is 5. The van der Waals surface area contributed by atoms with E-state index >= 15 is 0 Å². The van der Waals surface area contributed by atoms with Crippen molar-refractivity contribution in [2.45, 2.75) is 71.8 Å². The molecular formula is C21H28O3. The van der Waals surface area contributed by atoms with Crippen LogP contribution >= 0.6 is 0 Å². The van der Waals surface area contributed by atoms with Crippen LogP contribution < -0.4 is 0 Å². The van der Waals surface area contributed by atoms with E-state index in [1.165, 1.54) is 5.57 Å². The van der Waals surface area contributed by atoms with E-state index in [2.05, 4.69) is 26.8 Å². The third-order valence-corrected chi connectivity index (χ3v) is 7.93. The fourth-order valence-electron chi connectivity index (χ4n) is 6.74. The molecular weight excluding hydrogens is 300 g/mol. The largest absolute Gasteiger partial charge is 0.459 e. The van der Waals surface area contributed by atoms with Gasteiger partial charge in [-0.15, -0.1) is 0 Å². The van der Waals surface area contributed by atoms with Crippen LogP contribution in [0.4, 0.5) is 0 Å². The van der Waals surface area contributed by atoms with E-state index in [1.54, 1.807) is 6.08 Å². The summed E-state index contributed by atoms with van der Waals surface area (Å²) in [6.07, 6.45) is 9.55.